The van der Waals surface area contributed by atoms with Crippen LogP contribution in [0.25, 0.3) is 0 Å². The minimum Gasteiger partial charge on any atom is -0.382 e. The van der Waals surface area contributed by atoms with Gasteiger partial charge in [-0.3, -0.25) is 0 Å². The molecular weight excluding hydrogens is 290 g/mol. The van der Waals surface area contributed by atoms with Crippen molar-refractivity contribution in [2.45, 2.75) is 13.0 Å². The van der Waals surface area contributed by atoms with Gasteiger partial charge in [-0.2, -0.15) is 0 Å². The van der Waals surface area contributed by atoms with E-state index in [9.17, 15) is 0 Å². The molecule has 5 heteroatoms. The summed E-state index contributed by atoms with van der Waals surface area (Å²) in [5, 5.41) is 5.51. The average molecular weight is 308 g/mol. The molecule has 0 saturated heterocycles. The predicted molar refractivity (Wildman–Crippen MR) is 71.1 cm³/mol. The van der Waals surface area contributed by atoms with Gasteiger partial charge in [-0.25, -0.2) is 0 Å². The minimum absolute atomic E-state index is 0.377. The third-order valence-electron chi connectivity index (χ3n) is 2.14. The lowest BCUT2D eigenvalue weighted by Gasteiger charge is -2.11. The fourth-order valence-corrected chi connectivity index (χ4v) is 2.73. The molecule has 0 radical (unpaired) electrons. The average Bonchev–Trinajstić information content (AvgIpc) is 2.70. The molecule has 1 atom stereocenters. The molecule has 1 heterocycles. The standard InChI is InChI=1S/C11H18BrNO2S/c1-9(11-7-10(12)8-16-11)13-3-4-15-6-5-14-2/h7-9,13H,3-6H2,1-2H3. The summed E-state index contributed by atoms with van der Waals surface area (Å²) < 4.78 is 11.4. The van der Waals surface area contributed by atoms with Crippen LogP contribution in [0.2, 0.25) is 0 Å². The summed E-state index contributed by atoms with van der Waals surface area (Å²) in [6.07, 6.45) is 0. The molecule has 1 aromatic heterocycles. The first-order valence-corrected chi connectivity index (χ1v) is 6.95. The van der Waals surface area contributed by atoms with Crippen LogP contribution in [0.5, 0.6) is 0 Å². The normalized spacial score (nSPS) is 12.9. The van der Waals surface area contributed by atoms with E-state index in [0.717, 1.165) is 17.6 Å². The molecule has 0 aliphatic heterocycles. The molecule has 1 rings (SSSR count). The Kier molecular flexibility index (Phi) is 7.23. The number of nitrogens with one attached hydrogen (secondary N) is 1. The number of halogens is 1. The summed E-state index contributed by atoms with van der Waals surface area (Å²) in [5.74, 6) is 0. The molecule has 0 fully saturated rings. The molecule has 0 aromatic carbocycles. The van der Waals surface area contributed by atoms with E-state index < -0.39 is 0 Å². The van der Waals surface area contributed by atoms with Gasteiger partial charge in [-0.15, -0.1) is 11.3 Å². The first-order valence-electron chi connectivity index (χ1n) is 5.28. The van der Waals surface area contributed by atoms with Crippen LogP contribution in [0, 0.1) is 0 Å². The molecule has 1 aromatic rings. The Labute approximate surface area is 109 Å². The highest BCUT2D eigenvalue weighted by Crippen LogP contribution is 2.24. The Bertz CT molecular complexity index is 293. The Morgan fingerprint density at radius 2 is 2.25 bits per heavy atom. The smallest absolute Gasteiger partial charge is 0.0700 e. The van der Waals surface area contributed by atoms with Crippen molar-refractivity contribution in [2.75, 3.05) is 33.5 Å². The largest absolute Gasteiger partial charge is 0.382 e. The van der Waals surface area contributed by atoms with Gasteiger partial charge in [0, 0.05) is 34.4 Å². The van der Waals surface area contributed by atoms with Gasteiger partial charge >= 0.3 is 0 Å². The number of hydrogen-bond acceptors (Lipinski definition) is 4. The van der Waals surface area contributed by atoms with Gasteiger partial charge in [0.25, 0.3) is 0 Å². The van der Waals surface area contributed by atoms with Crippen LogP contribution in [0.3, 0.4) is 0 Å². The third kappa shape index (κ3) is 5.41. The van der Waals surface area contributed by atoms with Crippen molar-refractivity contribution in [3.05, 3.63) is 20.8 Å². The van der Waals surface area contributed by atoms with Crippen molar-refractivity contribution < 1.29 is 9.47 Å². The minimum atomic E-state index is 0.377. The van der Waals surface area contributed by atoms with Gasteiger partial charge in [0.2, 0.25) is 0 Å². The van der Waals surface area contributed by atoms with E-state index in [4.69, 9.17) is 9.47 Å². The van der Waals surface area contributed by atoms with Gasteiger partial charge in [-0.05, 0) is 28.9 Å². The zero-order valence-corrected chi connectivity index (χ0v) is 12.1. The van der Waals surface area contributed by atoms with Gasteiger partial charge in [0.15, 0.2) is 0 Å². The van der Waals surface area contributed by atoms with Crippen LogP contribution in [-0.2, 0) is 9.47 Å². The fraction of sp³-hybridized carbons (Fsp3) is 0.636. The van der Waals surface area contributed by atoms with Crippen molar-refractivity contribution in [2.24, 2.45) is 0 Å². The van der Waals surface area contributed by atoms with Crippen molar-refractivity contribution in [1.29, 1.82) is 0 Å². The number of thiophene rings is 1. The Morgan fingerprint density at radius 1 is 1.44 bits per heavy atom. The molecule has 0 amide bonds. The molecule has 16 heavy (non-hydrogen) atoms. The first kappa shape index (κ1) is 14.1. The SMILES string of the molecule is COCCOCCNC(C)c1cc(Br)cs1. The van der Waals surface area contributed by atoms with Crippen LogP contribution in [0.1, 0.15) is 17.8 Å². The molecular formula is C11H18BrNO2S. The Hall–Kier alpha value is 0.0600. The second-order valence-electron chi connectivity index (χ2n) is 3.45. The summed E-state index contributed by atoms with van der Waals surface area (Å²) in [7, 11) is 1.68. The molecule has 92 valence electrons. The Morgan fingerprint density at radius 3 is 2.88 bits per heavy atom. The summed E-state index contributed by atoms with van der Waals surface area (Å²) in [6.45, 7) is 5.07. The van der Waals surface area contributed by atoms with Crippen LogP contribution in [-0.4, -0.2) is 33.5 Å². The number of rotatable bonds is 8. The number of ether oxygens (including phenoxy) is 2. The molecule has 0 spiro atoms. The van der Waals surface area contributed by atoms with E-state index >= 15 is 0 Å². The van der Waals surface area contributed by atoms with Gasteiger partial charge < -0.3 is 14.8 Å². The summed E-state index contributed by atoms with van der Waals surface area (Å²) in [6, 6.07) is 2.52. The van der Waals surface area contributed by atoms with E-state index in [1.807, 2.05) is 0 Å². The molecule has 0 aliphatic rings. The van der Waals surface area contributed by atoms with E-state index in [1.54, 1.807) is 18.4 Å². The van der Waals surface area contributed by atoms with E-state index in [-0.39, 0.29) is 0 Å². The highest BCUT2D eigenvalue weighted by molar-refractivity contribution is 9.10. The molecule has 0 aliphatic carbocycles. The highest BCUT2D eigenvalue weighted by atomic mass is 79.9. The molecule has 3 nitrogen and oxygen atoms in total. The third-order valence-corrected chi connectivity index (χ3v) is 4.02. The highest BCUT2D eigenvalue weighted by Gasteiger charge is 2.06. The van der Waals surface area contributed by atoms with Crippen LogP contribution >= 0.6 is 27.3 Å². The molecule has 0 bridgehead atoms. The van der Waals surface area contributed by atoms with Crippen molar-refractivity contribution in [3.8, 4) is 0 Å². The van der Waals surface area contributed by atoms with Crippen molar-refractivity contribution in [1.82, 2.24) is 5.32 Å². The zero-order valence-electron chi connectivity index (χ0n) is 9.66. The summed E-state index contributed by atoms with van der Waals surface area (Å²) >= 11 is 5.21. The van der Waals surface area contributed by atoms with Crippen LogP contribution in [0.4, 0.5) is 0 Å². The van der Waals surface area contributed by atoms with Gasteiger partial charge in [-0.1, -0.05) is 0 Å². The Balaban J connectivity index is 2.09. The summed E-state index contributed by atoms with van der Waals surface area (Å²) in [5.41, 5.74) is 0. The van der Waals surface area contributed by atoms with E-state index in [2.05, 4.69) is 39.6 Å². The molecule has 1 unspecified atom stereocenters. The van der Waals surface area contributed by atoms with Crippen LogP contribution < -0.4 is 5.32 Å². The predicted octanol–water partition coefficient (Wildman–Crippen LogP) is 2.82. The lowest BCUT2D eigenvalue weighted by atomic mass is 10.3. The lowest BCUT2D eigenvalue weighted by Crippen LogP contribution is -2.23. The number of hydrogen-bond donors (Lipinski definition) is 1. The van der Waals surface area contributed by atoms with Gasteiger partial charge in [0.1, 0.15) is 0 Å². The maximum Gasteiger partial charge on any atom is 0.0700 e. The van der Waals surface area contributed by atoms with E-state index in [0.29, 0.717) is 19.3 Å². The molecule has 0 saturated carbocycles. The monoisotopic (exact) mass is 307 g/mol. The summed E-state index contributed by atoms with van der Waals surface area (Å²) in [4.78, 5) is 1.34. The maximum absolute atomic E-state index is 5.37. The van der Waals surface area contributed by atoms with Crippen molar-refractivity contribution >= 4 is 27.3 Å². The lowest BCUT2D eigenvalue weighted by molar-refractivity contribution is 0.0712. The second-order valence-corrected chi connectivity index (χ2v) is 5.31. The van der Waals surface area contributed by atoms with E-state index in [1.165, 1.54) is 4.88 Å². The molecule has 1 N–H and O–H groups in total. The second kappa shape index (κ2) is 8.20. The van der Waals surface area contributed by atoms with Crippen molar-refractivity contribution in [3.63, 3.8) is 0 Å². The first-order chi connectivity index (χ1) is 7.74. The van der Waals surface area contributed by atoms with Gasteiger partial charge in [0.05, 0.1) is 19.8 Å². The van der Waals surface area contributed by atoms with Crippen LogP contribution in [0.15, 0.2) is 15.9 Å². The quantitative estimate of drug-likeness (QED) is 0.749. The number of methoxy groups -OCH3 is 1. The fourth-order valence-electron chi connectivity index (χ4n) is 1.25. The maximum atomic E-state index is 5.37. The zero-order chi connectivity index (χ0) is 11.8. The topological polar surface area (TPSA) is 30.5 Å².